The molecule has 0 atom stereocenters. The van der Waals surface area contributed by atoms with E-state index in [0.717, 1.165) is 23.7 Å². The van der Waals surface area contributed by atoms with Gasteiger partial charge in [-0.25, -0.2) is 5.43 Å². The molecule has 1 N–H and O–H groups in total. The van der Waals surface area contributed by atoms with Gasteiger partial charge in [0.1, 0.15) is 0 Å². The number of nitrogens with one attached hydrogen (secondary N) is 1. The summed E-state index contributed by atoms with van der Waals surface area (Å²) < 4.78 is 11.3. The van der Waals surface area contributed by atoms with Crippen LogP contribution in [0.25, 0.3) is 0 Å². The van der Waals surface area contributed by atoms with Crippen LogP contribution in [0.5, 0.6) is 11.5 Å². The van der Waals surface area contributed by atoms with Crippen LogP contribution in [-0.2, 0) is 9.59 Å². The number of fused-ring (bicyclic) bond motifs is 1. The van der Waals surface area contributed by atoms with Crippen molar-refractivity contribution >= 4 is 34.0 Å². The van der Waals surface area contributed by atoms with Crippen molar-refractivity contribution in [2.24, 2.45) is 5.10 Å². The smallest absolute Gasteiger partial charge is 0.329 e. The van der Waals surface area contributed by atoms with E-state index >= 15 is 0 Å². The predicted octanol–water partition coefficient (Wildman–Crippen LogP) is 1.64. The van der Waals surface area contributed by atoms with Gasteiger partial charge in [0.15, 0.2) is 11.5 Å². The number of rotatable bonds is 2. The molecule has 0 radical (unpaired) electrons. The van der Waals surface area contributed by atoms with Crippen molar-refractivity contribution in [3.63, 3.8) is 0 Å². The molecule has 0 bridgehead atoms. The third-order valence-electron chi connectivity index (χ3n) is 3.70. The molecule has 2 aliphatic heterocycles. The Labute approximate surface area is 141 Å². The molecule has 3 rings (SSSR count). The lowest BCUT2D eigenvalue weighted by atomic mass is 10.1. The van der Waals surface area contributed by atoms with Crippen LogP contribution in [0, 0.1) is 0 Å². The van der Waals surface area contributed by atoms with Crippen LogP contribution in [0.15, 0.2) is 21.7 Å². The Morgan fingerprint density at radius 3 is 2.61 bits per heavy atom. The molecule has 0 aliphatic carbocycles. The molecule has 2 heterocycles. The van der Waals surface area contributed by atoms with Crippen LogP contribution in [0.4, 0.5) is 0 Å². The van der Waals surface area contributed by atoms with E-state index < -0.39 is 11.8 Å². The summed E-state index contributed by atoms with van der Waals surface area (Å²) in [7, 11) is 0. The first kappa shape index (κ1) is 15.8. The number of carbonyl (C=O) groups excluding carboxylic acids is 2. The number of amides is 2. The summed E-state index contributed by atoms with van der Waals surface area (Å²) in [6.45, 7) is 1.44. The number of hydrogen-bond donors (Lipinski definition) is 1. The lowest BCUT2D eigenvalue weighted by Crippen LogP contribution is -2.43. The first-order valence-corrected chi connectivity index (χ1v) is 8.16. The average Bonchev–Trinajstić information content (AvgIpc) is 3.02. The fraction of sp³-hybridized carbons (Fsp3) is 0.400. The van der Waals surface area contributed by atoms with Crippen molar-refractivity contribution in [2.75, 3.05) is 19.9 Å². The second-order valence-electron chi connectivity index (χ2n) is 5.28. The van der Waals surface area contributed by atoms with Gasteiger partial charge in [0, 0.05) is 23.1 Å². The zero-order chi connectivity index (χ0) is 16.2. The normalized spacial score (nSPS) is 16.7. The molecule has 1 aromatic rings. The molecule has 0 saturated carbocycles. The minimum atomic E-state index is -0.722. The highest BCUT2D eigenvalue weighted by Crippen LogP contribution is 2.36. The Kier molecular flexibility index (Phi) is 4.80. The molecule has 1 aromatic carbocycles. The van der Waals surface area contributed by atoms with Crippen molar-refractivity contribution in [2.45, 2.75) is 19.3 Å². The summed E-state index contributed by atoms with van der Waals surface area (Å²) in [6.07, 6.45) is 4.42. The first-order chi connectivity index (χ1) is 11.1. The van der Waals surface area contributed by atoms with Crippen molar-refractivity contribution in [3.8, 4) is 11.5 Å². The predicted molar refractivity (Wildman–Crippen MR) is 86.4 cm³/mol. The van der Waals surface area contributed by atoms with Crippen molar-refractivity contribution in [3.05, 3.63) is 22.2 Å². The summed E-state index contributed by atoms with van der Waals surface area (Å²) in [4.78, 5) is 25.3. The molecular formula is C15H16BrN3O4. The Hall–Kier alpha value is -2.09. The van der Waals surface area contributed by atoms with Crippen molar-refractivity contribution in [1.29, 1.82) is 0 Å². The van der Waals surface area contributed by atoms with E-state index in [-0.39, 0.29) is 6.79 Å². The number of benzene rings is 1. The van der Waals surface area contributed by atoms with E-state index in [9.17, 15) is 9.59 Å². The van der Waals surface area contributed by atoms with Gasteiger partial charge in [-0.15, -0.1) is 0 Å². The molecule has 8 heteroatoms. The Morgan fingerprint density at radius 1 is 1.17 bits per heavy atom. The van der Waals surface area contributed by atoms with E-state index in [2.05, 4.69) is 26.5 Å². The van der Waals surface area contributed by atoms with Crippen LogP contribution < -0.4 is 14.9 Å². The molecule has 1 saturated heterocycles. The Bertz CT molecular complexity index is 656. The molecular weight excluding hydrogens is 366 g/mol. The van der Waals surface area contributed by atoms with Gasteiger partial charge in [-0.05, 0) is 47.3 Å². The molecule has 2 aliphatic rings. The molecule has 0 spiro atoms. The molecule has 7 nitrogen and oxygen atoms in total. The quantitative estimate of drug-likeness (QED) is 0.479. The summed E-state index contributed by atoms with van der Waals surface area (Å²) in [6, 6.07) is 3.51. The number of likely N-dealkylation sites (tertiary alicyclic amines) is 1. The van der Waals surface area contributed by atoms with E-state index in [1.807, 2.05) is 0 Å². The van der Waals surface area contributed by atoms with Gasteiger partial charge >= 0.3 is 11.8 Å². The van der Waals surface area contributed by atoms with Crippen LogP contribution >= 0.6 is 15.9 Å². The topological polar surface area (TPSA) is 80.2 Å². The number of hydrazone groups is 1. The highest BCUT2D eigenvalue weighted by molar-refractivity contribution is 9.10. The summed E-state index contributed by atoms with van der Waals surface area (Å²) in [5.74, 6) is 0.00956. The van der Waals surface area contributed by atoms with Crippen LogP contribution in [0.3, 0.4) is 0 Å². The fourth-order valence-electron chi connectivity index (χ4n) is 2.48. The summed E-state index contributed by atoms with van der Waals surface area (Å²) in [5, 5.41) is 3.85. The van der Waals surface area contributed by atoms with Gasteiger partial charge in [0.25, 0.3) is 0 Å². The van der Waals surface area contributed by atoms with E-state index in [0.29, 0.717) is 30.2 Å². The summed E-state index contributed by atoms with van der Waals surface area (Å²) in [5.41, 5.74) is 2.98. The second kappa shape index (κ2) is 6.99. The second-order valence-corrected chi connectivity index (χ2v) is 6.13. The van der Waals surface area contributed by atoms with Gasteiger partial charge in [0.2, 0.25) is 6.79 Å². The lowest BCUT2D eigenvalue weighted by Gasteiger charge is -2.25. The number of piperidine rings is 1. The van der Waals surface area contributed by atoms with Gasteiger partial charge in [0.05, 0.1) is 6.21 Å². The van der Waals surface area contributed by atoms with Gasteiger partial charge < -0.3 is 14.4 Å². The Morgan fingerprint density at radius 2 is 1.87 bits per heavy atom. The lowest BCUT2D eigenvalue weighted by molar-refractivity contribution is -0.146. The fourth-order valence-corrected chi connectivity index (χ4v) is 2.91. The number of hydrogen-bond acceptors (Lipinski definition) is 5. The number of carbonyl (C=O) groups is 2. The SMILES string of the molecule is O=C(N/N=C/c1cc2c(cc1Br)OCO2)C(=O)N1CCCCC1. The van der Waals surface area contributed by atoms with E-state index in [1.165, 1.54) is 6.21 Å². The van der Waals surface area contributed by atoms with Gasteiger partial charge in [-0.2, -0.15) is 5.10 Å². The maximum absolute atomic E-state index is 12.0. The molecule has 0 aromatic heterocycles. The molecule has 1 fully saturated rings. The molecule has 122 valence electrons. The standard InChI is InChI=1S/C15H16BrN3O4/c16-11-7-13-12(22-9-23-13)6-10(11)8-17-18-14(20)15(21)19-4-2-1-3-5-19/h6-8H,1-5,9H2,(H,18,20)/b17-8+. The van der Waals surface area contributed by atoms with E-state index in [1.54, 1.807) is 17.0 Å². The number of nitrogens with zero attached hydrogens (tertiary/aromatic N) is 2. The van der Waals surface area contributed by atoms with Crippen molar-refractivity contribution < 1.29 is 19.1 Å². The van der Waals surface area contributed by atoms with Crippen LogP contribution in [0.2, 0.25) is 0 Å². The molecule has 0 unspecified atom stereocenters. The minimum Gasteiger partial charge on any atom is -0.454 e. The average molecular weight is 382 g/mol. The third kappa shape index (κ3) is 3.64. The largest absolute Gasteiger partial charge is 0.454 e. The first-order valence-electron chi connectivity index (χ1n) is 7.36. The maximum atomic E-state index is 12.0. The highest BCUT2D eigenvalue weighted by atomic mass is 79.9. The van der Waals surface area contributed by atoms with Gasteiger partial charge in [-0.3, -0.25) is 9.59 Å². The third-order valence-corrected chi connectivity index (χ3v) is 4.39. The van der Waals surface area contributed by atoms with Crippen molar-refractivity contribution in [1.82, 2.24) is 10.3 Å². The summed E-state index contributed by atoms with van der Waals surface area (Å²) >= 11 is 3.39. The van der Waals surface area contributed by atoms with Crippen LogP contribution in [-0.4, -0.2) is 42.8 Å². The maximum Gasteiger partial charge on any atom is 0.329 e. The number of ether oxygens (including phenoxy) is 2. The zero-order valence-corrected chi connectivity index (χ0v) is 14.0. The van der Waals surface area contributed by atoms with Crippen LogP contribution in [0.1, 0.15) is 24.8 Å². The zero-order valence-electron chi connectivity index (χ0n) is 12.4. The Balaban J connectivity index is 1.60. The monoisotopic (exact) mass is 381 g/mol. The number of halogens is 1. The highest BCUT2D eigenvalue weighted by Gasteiger charge is 2.23. The molecule has 23 heavy (non-hydrogen) atoms. The minimum absolute atomic E-state index is 0.184. The van der Waals surface area contributed by atoms with E-state index in [4.69, 9.17) is 9.47 Å². The van der Waals surface area contributed by atoms with Gasteiger partial charge in [-0.1, -0.05) is 0 Å². The molecule has 2 amide bonds.